The van der Waals surface area contributed by atoms with Gasteiger partial charge in [0.1, 0.15) is 0 Å². The molecule has 1 aliphatic carbocycles. The quantitative estimate of drug-likeness (QED) is 0.410. The average molecular weight is 217 g/mol. The Hall–Kier alpha value is -1.51. The van der Waals surface area contributed by atoms with E-state index in [1.807, 2.05) is 18.2 Å². The van der Waals surface area contributed by atoms with E-state index in [-0.39, 0.29) is 0 Å². The van der Waals surface area contributed by atoms with Crippen molar-refractivity contribution in [2.45, 2.75) is 13.0 Å². The largest absolute Gasteiger partial charge is 0.376 e. The highest BCUT2D eigenvalue weighted by molar-refractivity contribution is 5.13. The molecule has 0 N–H and O–H groups in total. The summed E-state index contributed by atoms with van der Waals surface area (Å²) in [7, 11) is 0. The molecule has 0 amide bonds. The molecule has 0 saturated heterocycles. The summed E-state index contributed by atoms with van der Waals surface area (Å²) in [6.45, 7) is 2.07. The number of hydrogen-bond acceptors (Lipinski definition) is 2. The first-order valence-electron chi connectivity index (χ1n) is 5.52. The molecule has 1 aliphatic rings. The van der Waals surface area contributed by atoms with Gasteiger partial charge in [-0.25, -0.2) is 0 Å². The molecule has 1 aromatic carbocycles. The highest BCUT2D eigenvalue weighted by Gasteiger charge is 2.36. The lowest BCUT2D eigenvalue weighted by atomic mass is 10.2. The highest BCUT2D eigenvalue weighted by atomic mass is 16.5. The van der Waals surface area contributed by atoms with Crippen LogP contribution >= 0.6 is 0 Å². The highest BCUT2D eigenvalue weighted by Crippen LogP contribution is 2.38. The van der Waals surface area contributed by atoms with Gasteiger partial charge < -0.3 is 4.74 Å². The van der Waals surface area contributed by atoms with Gasteiger partial charge in [-0.3, -0.25) is 0 Å². The second-order valence-electron chi connectivity index (χ2n) is 4.17. The Morgan fingerprint density at radius 1 is 1.31 bits per heavy atom. The zero-order chi connectivity index (χ0) is 11.2. The summed E-state index contributed by atoms with van der Waals surface area (Å²) in [6, 6.07) is 10.1. The Morgan fingerprint density at radius 3 is 2.88 bits per heavy atom. The van der Waals surface area contributed by atoms with Gasteiger partial charge in [0.05, 0.1) is 13.2 Å². The van der Waals surface area contributed by atoms with Crippen LogP contribution < -0.4 is 0 Å². The maximum atomic E-state index is 8.18. The van der Waals surface area contributed by atoms with Crippen molar-refractivity contribution < 1.29 is 4.74 Å². The maximum absolute atomic E-state index is 8.18. The van der Waals surface area contributed by atoms with E-state index >= 15 is 0 Å². The Kier molecular flexibility index (Phi) is 3.81. The van der Waals surface area contributed by atoms with E-state index in [0.717, 1.165) is 13.0 Å². The van der Waals surface area contributed by atoms with Gasteiger partial charge in [-0.2, -0.15) is 0 Å². The summed E-state index contributed by atoms with van der Waals surface area (Å²) in [4.78, 5) is 2.76. The van der Waals surface area contributed by atoms with Gasteiger partial charge in [-0.05, 0) is 29.4 Å². The van der Waals surface area contributed by atoms with Crippen LogP contribution in [-0.4, -0.2) is 13.2 Å². The molecule has 0 unspecified atom stereocenters. The normalized spacial score (nSPS) is 22.5. The van der Waals surface area contributed by atoms with Crippen LogP contribution in [0.15, 0.2) is 35.4 Å². The van der Waals surface area contributed by atoms with Crippen molar-refractivity contribution in [3.05, 3.63) is 46.3 Å². The van der Waals surface area contributed by atoms with Crippen LogP contribution in [0, 0.1) is 11.8 Å². The monoisotopic (exact) mass is 217 g/mol. The molecule has 1 fully saturated rings. The van der Waals surface area contributed by atoms with E-state index in [0.29, 0.717) is 25.0 Å². The first-order valence-corrected chi connectivity index (χ1v) is 5.52. The fourth-order valence-electron chi connectivity index (χ4n) is 1.78. The minimum Gasteiger partial charge on any atom is -0.376 e. The molecule has 84 valence electrons. The third-order valence-electron chi connectivity index (χ3n) is 2.89. The number of hydrogen-bond donors (Lipinski definition) is 0. The zero-order valence-electron chi connectivity index (χ0n) is 9.12. The van der Waals surface area contributed by atoms with Crippen LogP contribution in [0.1, 0.15) is 12.0 Å². The number of rotatable bonds is 6. The van der Waals surface area contributed by atoms with Gasteiger partial charge in [0, 0.05) is 11.5 Å². The SMILES string of the molecule is [N-]=[N+]=NC[C@@H]1C[C@@H]1COCc1ccccc1. The number of nitrogens with zero attached hydrogens (tertiary/aromatic N) is 3. The van der Waals surface area contributed by atoms with Crippen molar-refractivity contribution >= 4 is 0 Å². The Morgan fingerprint density at radius 2 is 2.12 bits per heavy atom. The zero-order valence-corrected chi connectivity index (χ0v) is 9.12. The first kappa shape index (κ1) is 11.0. The second kappa shape index (κ2) is 5.54. The van der Waals surface area contributed by atoms with Gasteiger partial charge >= 0.3 is 0 Å². The Labute approximate surface area is 94.9 Å². The van der Waals surface area contributed by atoms with E-state index in [1.54, 1.807) is 0 Å². The smallest absolute Gasteiger partial charge is 0.0717 e. The van der Waals surface area contributed by atoms with Gasteiger partial charge in [-0.1, -0.05) is 35.4 Å². The average Bonchev–Trinajstić information content (AvgIpc) is 3.07. The van der Waals surface area contributed by atoms with Crippen molar-refractivity contribution in [1.82, 2.24) is 0 Å². The summed E-state index contributed by atoms with van der Waals surface area (Å²) in [5, 5.41) is 3.58. The van der Waals surface area contributed by atoms with Crippen LogP contribution in [0.25, 0.3) is 10.4 Å². The minimum absolute atomic E-state index is 0.548. The van der Waals surface area contributed by atoms with Gasteiger partial charge in [-0.15, -0.1) is 0 Å². The number of benzene rings is 1. The van der Waals surface area contributed by atoms with E-state index < -0.39 is 0 Å². The molecule has 2 rings (SSSR count). The number of azide groups is 1. The van der Waals surface area contributed by atoms with E-state index in [9.17, 15) is 0 Å². The van der Waals surface area contributed by atoms with Crippen LogP contribution in [-0.2, 0) is 11.3 Å². The van der Waals surface area contributed by atoms with Gasteiger partial charge in [0.25, 0.3) is 0 Å². The van der Waals surface area contributed by atoms with Crippen molar-refractivity contribution in [3.63, 3.8) is 0 Å². The van der Waals surface area contributed by atoms with Crippen molar-refractivity contribution in [2.24, 2.45) is 17.0 Å². The van der Waals surface area contributed by atoms with Crippen molar-refractivity contribution in [3.8, 4) is 0 Å². The minimum atomic E-state index is 0.548. The van der Waals surface area contributed by atoms with E-state index in [4.69, 9.17) is 10.3 Å². The van der Waals surface area contributed by atoms with Crippen LogP contribution in [0.3, 0.4) is 0 Å². The topological polar surface area (TPSA) is 58.0 Å². The molecule has 0 spiro atoms. The van der Waals surface area contributed by atoms with Crippen molar-refractivity contribution in [1.29, 1.82) is 0 Å². The predicted molar refractivity (Wildman–Crippen MR) is 61.7 cm³/mol. The Bertz CT molecular complexity index is 373. The van der Waals surface area contributed by atoms with Gasteiger partial charge in [0.2, 0.25) is 0 Å². The van der Waals surface area contributed by atoms with Crippen LogP contribution in [0.4, 0.5) is 0 Å². The molecule has 0 aliphatic heterocycles. The third kappa shape index (κ3) is 3.26. The third-order valence-corrected chi connectivity index (χ3v) is 2.89. The molecule has 2 atom stereocenters. The molecule has 0 aromatic heterocycles. The molecular formula is C12H15N3O. The molecule has 16 heavy (non-hydrogen) atoms. The molecule has 4 heteroatoms. The lowest BCUT2D eigenvalue weighted by Crippen LogP contribution is -1.99. The van der Waals surface area contributed by atoms with Crippen molar-refractivity contribution in [2.75, 3.05) is 13.2 Å². The molecule has 0 heterocycles. The summed E-state index contributed by atoms with van der Waals surface area (Å²) >= 11 is 0. The summed E-state index contributed by atoms with van der Waals surface area (Å²) < 4.78 is 5.62. The molecule has 1 aromatic rings. The molecular weight excluding hydrogens is 202 g/mol. The Balaban J connectivity index is 1.62. The number of ether oxygens (including phenoxy) is 1. The fraction of sp³-hybridized carbons (Fsp3) is 0.500. The van der Waals surface area contributed by atoms with E-state index in [1.165, 1.54) is 5.56 Å². The second-order valence-corrected chi connectivity index (χ2v) is 4.17. The molecule has 0 bridgehead atoms. The molecule has 4 nitrogen and oxygen atoms in total. The fourth-order valence-corrected chi connectivity index (χ4v) is 1.78. The van der Waals surface area contributed by atoms with Crippen LogP contribution in [0.5, 0.6) is 0 Å². The standard InChI is InChI=1S/C12H15N3O/c13-15-14-7-11-6-12(11)9-16-8-10-4-2-1-3-5-10/h1-5,11-12H,6-9H2/t11-,12+/m0/s1. The van der Waals surface area contributed by atoms with E-state index in [2.05, 4.69) is 22.2 Å². The lowest BCUT2D eigenvalue weighted by molar-refractivity contribution is 0.108. The summed E-state index contributed by atoms with van der Waals surface area (Å²) in [5.74, 6) is 1.14. The first-order chi connectivity index (χ1) is 7.90. The predicted octanol–water partition coefficient (Wildman–Crippen LogP) is 3.15. The molecule has 1 saturated carbocycles. The molecule has 0 radical (unpaired) electrons. The van der Waals surface area contributed by atoms with Crippen LogP contribution in [0.2, 0.25) is 0 Å². The van der Waals surface area contributed by atoms with Gasteiger partial charge in [0.15, 0.2) is 0 Å². The lowest BCUT2D eigenvalue weighted by Gasteiger charge is -2.03. The maximum Gasteiger partial charge on any atom is 0.0717 e. The summed E-state index contributed by atoms with van der Waals surface area (Å²) in [6.07, 6.45) is 1.13. The summed E-state index contributed by atoms with van der Waals surface area (Å²) in [5.41, 5.74) is 9.38.